The summed E-state index contributed by atoms with van der Waals surface area (Å²) in [6.07, 6.45) is 1.47. The molecule has 1 aliphatic carbocycles. The molecule has 4 nitrogen and oxygen atoms in total. The summed E-state index contributed by atoms with van der Waals surface area (Å²) in [5.41, 5.74) is -0.247. The summed E-state index contributed by atoms with van der Waals surface area (Å²) in [7, 11) is 0. The SMILES string of the molecule is CC(C)(C)[C@@H](NC(=O)C1(c2ccc(Cl)cc2)CC1)C(=O)O. The number of hydrogen-bond acceptors (Lipinski definition) is 2. The molecule has 0 radical (unpaired) electrons. The molecule has 5 heteroatoms. The van der Waals surface area contributed by atoms with Gasteiger partial charge in [0.2, 0.25) is 5.91 Å². The lowest BCUT2D eigenvalue weighted by atomic mass is 9.85. The zero-order valence-electron chi connectivity index (χ0n) is 12.4. The third kappa shape index (κ3) is 3.21. The fraction of sp³-hybridized carbons (Fsp3) is 0.500. The Morgan fingerprint density at radius 2 is 1.76 bits per heavy atom. The van der Waals surface area contributed by atoms with Crippen LogP contribution in [-0.4, -0.2) is 23.0 Å². The second-order valence-corrected chi connectivity index (χ2v) is 7.14. The van der Waals surface area contributed by atoms with E-state index in [-0.39, 0.29) is 5.91 Å². The predicted molar refractivity (Wildman–Crippen MR) is 81.4 cm³/mol. The van der Waals surface area contributed by atoms with Gasteiger partial charge in [-0.25, -0.2) is 4.79 Å². The summed E-state index contributed by atoms with van der Waals surface area (Å²) in [6, 6.07) is 6.27. The number of carbonyl (C=O) groups is 2. The zero-order valence-corrected chi connectivity index (χ0v) is 13.2. The maximum Gasteiger partial charge on any atom is 0.326 e. The molecule has 0 bridgehead atoms. The van der Waals surface area contributed by atoms with E-state index in [1.54, 1.807) is 32.9 Å². The number of carbonyl (C=O) groups excluding carboxylic acids is 1. The number of benzene rings is 1. The van der Waals surface area contributed by atoms with Gasteiger partial charge < -0.3 is 10.4 Å². The van der Waals surface area contributed by atoms with Gasteiger partial charge >= 0.3 is 5.97 Å². The lowest BCUT2D eigenvalue weighted by Gasteiger charge is -2.29. The van der Waals surface area contributed by atoms with Crippen LogP contribution in [0.3, 0.4) is 0 Å². The largest absolute Gasteiger partial charge is 0.480 e. The molecule has 0 saturated heterocycles. The van der Waals surface area contributed by atoms with Gasteiger partial charge in [-0.1, -0.05) is 44.5 Å². The van der Waals surface area contributed by atoms with Crippen molar-refractivity contribution in [3.63, 3.8) is 0 Å². The van der Waals surface area contributed by atoms with Gasteiger partial charge in [-0.05, 0) is 36.0 Å². The molecule has 1 fully saturated rings. The summed E-state index contributed by atoms with van der Waals surface area (Å²) in [6.45, 7) is 5.40. The molecule has 1 aliphatic rings. The standard InChI is InChI=1S/C16H20ClNO3/c1-15(2,3)12(13(19)20)18-14(21)16(8-9-16)10-4-6-11(17)7-5-10/h4-7,12H,8-9H2,1-3H3,(H,18,21)(H,19,20)/t12-/m0/s1. The smallest absolute Gasteiger partial charge is 0.326 e. The van der Waals surface area contributed by atoms with Crippen LogP contribution in [0, 0.1) is 5.41 Å². The fourth-order valence-electron chi connectivity index (χ4n) is 2.46. The molecule has 2 N–H and O–H groups in total. The molecule has 0 aromatic heterocycles. The number of halogens is 1. The molecule has 1 aromatic rings. The topological polar surface area (TPSA) is 66.4 Å². The summed E-state index contributed by atoms with van der Waals surface area (Å²) in [4.78, 5) is 23.9. The number of hydrogen-bond donors (Lipinski definition) is 2. The summed E-state index contributed by atoms with van der Waals surface area (Å²) < 4.78 is 0. The Hall–Kier alpha value is -1.55. The quantitative estimate of drug-likeness (QED) is 0.898. The molecule has 1 atom stereocenters. The zero-order chi connectivity index (χ0) is 15.8. The first kappa shape index (κ1) is 15.8. The summed E-state index contributed by atoms with van der Waals surface area (Å²) in [5.74, 6) is -1.23. The Morgan fingerprint density at radius 1 is 1.24 bits per heavy atom. The average molecular weight is 310 g/mol. The van der Waals surface area contributed by atoms with Gasteiger partial charge in [-0.2, -0.15) is 0 Å². The fourth-order valence-corrected chi connectivity index (χ4v) is 2.58. The Kier molecular flexibility index (Phi) is 4.02. The molecule has 0 spiro atoms. The maximum absolute atomic E-state index is 12.6. The Morgan fingerprint density at radius 3 is 2.14 bits per heavy atom. The first-order valence-corrected chi connectivity index (χ1v) is 7.34. The Balaban J connectivity index is 2.20. The number of carboxylic acids is 1. The minimum atomic E-state index is -1.01. The van der Waals surface area contributed by atoms with Crippen LogP contribution in [0.25, 0.3) is 0 Å². The highest BCUT2D eigenvalue weighted by Gasteiger charge is 2.52. The molecule has 1 saturated carbocycles. The van der Waals surface area contributed by atoms with Crippen LogP contribution in [0.2, 0.25) is 5.02 Å². The van der Waals surface area contributed by atoms with Crippen LogP contribution in [0.15, 0.2) is 24.3 Å². The van der Waals surface area contributed by atoms with Crippen LogP contribution in [0.5, 0.6) is 0 Å². The van der Waals surface area contributed by atoms with Crippen LogP contribution < -0.4 is 5.32 Å². The van der Waals surface area contributed by atoms with E-state index >= 15 is 0 Å². The Bertz CT molecular complexity index is 556. The molecular formula is C16H20ClNO3. The minimum absolute atomic E-state index is 0.216. The molecule has 1 aromatic carbocycles. The molecule has 1 amide bonds. The van der Waals surface area contributed by atoms with E-state index in [4.69, 9.17) is 11.6 Å². The number of aliphatic carboxylic acids is 1. The second-order valence-electron chi connectivity index (χ2n) is 6.70. The van der Waals surface area contributed by atoms with Crippen molar-refractivity contribution in [2.24, 2.45) is 5.41 Å². The van der Waals surface area contributed by atoms with Crippen molar-refractivity contribution in [2.75, 3.05) is 0 Å². The Labute approximate surface area is 129 Å². The number of nitrogens with one attached hydrogen (secondary N) is 1. The highest BCUT2D eigenvalue weighted by atomic mass is 35.5. The van der Waals surface area contributed by atoms with Crippen LogP contribution >= 0.6 is 11.6 Å². The third-order valence-electron chi connectivity index (χ3n) is 3.97. The third-order valence-corrected chi connectivity index (χ3v) is 4.22. The van der Waals surface area contributed by atoms with Crippen molar-refractivity contribution in [1.82, 2.24) is 5.32 Å². The van der Waals surface area contributed by atoms with Crippen molar-refractivity contribution in [1.29, 1.82) is 0 Å². The molecule has 21 heavy (non-hydrogen) atoms. The van der Waals surface area contributed by atoms with E-state index in [2.05, 4.69) is 5.32 Å². The lowest BCUT2D eigenvalue weighted by Crippen LogP contribution is -2.52. The minimum Gasteiger partial charge on any atom is -0.480 e. The number of carboxylic acid groups (broad SMARTS) is 1. The van der Waals surface area contributed by atoms with Crippen LogP contribution in [0.4, 0.5) is 0 Å². The number of amides is 1. The van der Waals surface area contributed by atoms with Crippen molar-refractivity contribution in [3.8, 4) is 0 Å². The van der Waals surface area contributed by atoms with Gasteiger partial charge in [0.15, 0.2) is 0 Å². The van der Waals surface area contributed by atoms with Crippen molar-refractivity contribution < 1.29 is 14.7 Å². The molecule has 0 unspecified atom stereocenters. The molecule has 114 valence electrons. The molecular weight excluding hydrogens is 290 g/mol. The van der Waals surface area contributed by atoms with Gasteiger partial charge in [0.05, 0.1) is 5.41 Å². The van der Waals surface area contributed by atoms with E-state index in [1.165, 1.54) is 0 Å². The molecule has 2 rings (SSSR count). The van der Waals surface area contributed by atoms with Gasteiger partial charge in [0, 0.05) is 5.02 Å². The summed E-state index contributed by atoms with van der Waals surface area (Å²) in [5, 5.41) is 12.6. The highest BCUT2D eigenvalue weighted by molar-refractivity contribution is 6.30. The van der Waals surface area contributed by atoms with E-state index in [9.17, 15) is 14.7 Å². The first-order chi connectivity index (χ1) is 9.67. The van der Waals surface area contributed by atoms with E-state index < -0.39 is 22.8 Å². The number of rotatable bonds is 4. The van der Waals surface area contributed by atoms with Crippen molar-refractivity contribution in [3.05, 3.63) is 34.9 Å². The maximum atomic E-state index is 12.6. The monoisotopic (exact) mass is 309 g/mol. The second kappa shape index (κ2) is 5.34. The van der Waals surface area contributed by atoms with E-state index in [1.807, 2.05) is 12.1 Å². The molecule has 0 heterocycles. The van der Waals surface area contributed by atoms with Crippen LogP contribution in [0.1, 0.15) is 39.2 Å². The van der Waals surface area contributed by atoms with E-state index in [0.29, 0.717) is 5.02 Å². The summed E-state index contributed by atoms with van der Waals surface area (Å²) >= 11 is 5.87. The van der Waals surface area contributed by atoms with Crippen LogP contribution in [-0.2, 0) is 15.0 Å². The van der Waals surface area contributed by atoms with Gasteiger partial charge in [0.25, 0.3) is 0 Å². The molecule has 0 aliphatic heterocycles. The van der Waals surface area contributed by atoms with E-state index in [0.717, 1.165) is 18.4 Å². The van der Waals surface area contributed by atoms with Gasteiger partial charge in [0.1, 0.15) is 6.04 Å². The first-order valence-electron chi connectivity index (χ1n) is 6.97. The normalized spacial score (nSPS) is 17.9. The lowest BCUT2D eigenvalue weighted by molar-refractivity contribution is -0.145. The van der Waals surface area contributed by atoms with Crippen molar-refractivity contribution in [2.45, 2.75) is 45.1 Å². The van der Waals surface area contributed by atoms with Gasteiger partial charge in [-0.15, -0.1) is 0 Å². The highest BCUT2D eigenvalue weighted by Crippen LogP contribution is 2.48. The van der Waals surface area contributed by atoms with Crippen molar-refractivity contribution >= 4 is 23.5 Å². The predicted octanol–water partition coefficient (Wildman–Crippen LogP) is 2.99. The van der Waals surface area contributed by atoms with Gasteiger partial charge in [-0.3, -0.25) is 4.79 Å². The average Bonchev–Trinajstić information content (AvgIpc) is 3.16.